The molecule has 1 atom stereocenters. The van der Waals surface area contributed by atoms with Crippen molar-refractivity contribution in [3.63, 3.8) is 0 Å². The van der Waals surface area contributed by atoms with Crippen LogP contribution in [0.2, 0.25) is 0 Å². The summed E-state index contributed by atoms with van der Waals surface area (Å²) in [6.07, 6.45) is 4.22. The molecule has 1 aliphatic rings. The number of hydrogen-bond acceptors (Lipinski definition) is 3. The lowest BCUT2D eigenvalue weighted by molar-refractivity contribution is 0.0148. The first kappa shape index (κ1) is 18.7. The average Bonchev–Trinajstić information content (AvgIpc) is 3.09. The van der Waals surface area contributed by atoms with Gasteiger partial charge in [-0.15, -0.1) is 0 Å². The van der Waals surface area contributed by atoms with Crippen molar-refractivity contribution in [1.29, 1.82) is 0 Å². The summed E-state index contributed by atoms with van der Waals surface area (Å²) in [6.45, 7) is 6.01. The van der Waals surface area contributed by atoms with Gasteiger partial charge in [-0.3, -0.25) is 9.69 Å². The molecule has 1 N–H and O–H groups in total. The molecule has 2 heterocycles. The van der Waals surface area contributed by atoms with Gasteiger partial charge in [0.05, 0.1) is 19.3 Å². The maximum atomic E-state index is 12.6. The molecule has 0 aliphatic carbocycles. The predicted molar refractivity (Wildman–Crippen MR) is 103 cm³/mol. The molecular formula is C21H29N3O2. The van der Waals surface area contributed by atoms with Crippen LogP contribution in [0, 0.1) is 0 Å². The summed E-state index contributed by atoms with van der Waals surface area (Å²) in [5.74, 6) is -0.0134. The number of aromatic nitrogens is 1. The van der Waals surface area contributed by atoms with Crippen LogP contribution in [0.4, 0.5) is 0 Å². The molecule has 1 fully saturated rings. The van der Waals surface area contributed by atoms with Crippen molar-refractivity contribution in [3.05, 3.63) is 59.4 Å². The van der Waals surface area contributed by atoms with Gasteiger partial charge in [-0.25, -0.2) is 0 Å². The van der Waals surface area contributed by atoms with Gasteiger partial charge in [0.1, 0.15) is 0 Å². The highest BCUT2D eigenvalue weighted by Gasteiger charge is 2.25. The fraction of sp³-hybridized carbons (Fsp3) is 0.476. The summed E-state index contributed by atoms with van der Waals surface area (Å²) in [7, 11) is 2.05. The van der Waals surface area contributed by atoms with Crippen LogP contribution in [0.1, 0.15) is 41.0 Å². The third-order valence-electron chi connectivity index (χ3n) is 5.02. The summed E-state index contributed by atoms with van der Waals surface area (Å²) in [5, 5.41) is 3.13. The van der Waals surface area contributed by atoms with Gasteiger partial charge in [-0.05, 0) is 36.2 Å². The van der Waals surface area contributed by atoms with E-state index in [-0.39, 0.29) is 11.9 Å². The molecule has 1 unspecified atom stereocenters. The minimum Gasteiger partial charge on any atom is -0.379 e. The normalized spacial score (nSPS) is 16.4. The molecule has 0 bridgehead atoms. The van der Waals surface area contributed by atoms with Crippen LogP contribution in [0.25, 0.3) is 0 Å². The zero-order valence-electron chi connectivity index (χ0n) is 15.8. The molecule has 3 rings (SSSR count). The number of ether oxygens (including phenoxy) is 1. The van der Waals surface area contributed by atoms with Gasteiger partial charge in [-0.1, -0.05) is 25.5 Å². The Labute approximate surface area is 156 Å². The van der Waals surface area contributed by atoms with E-state index in [1.54, 1.807) is 0 Å². The first-order valence-corrected chi connectivity index (χ1v) is 9.49. The number of carbonyl (C=O) groups is 1. The zero-order valence-corrected chi connectivity index (χ0v) is 15.8. The van der Waals surface area contributed by atoms with Gasteiger partial charge >= 0.3 is 0 Å². The second-order valence-electron chi connectivity index (χ2n) is 6.87. The van der Waals surface area contributed by atoms with E-state index in [9.17, 15) is 4.79 Å². The zero-order chi connectivity index (χ0) is 18.4. The fourth-order valence-corrected chi connectivity index (χ4v) is 3.53. The largest absolute Gasteiger partial charge is 0.379 e. The highest BCUT2D eigenvalue weighted by atomic mass is 16.5. The van der Waals surface area contributed by atoms with Crippen molar-refractivity contribution in [1.82, 2.24) is 14.8 Å². The number of rotatable bonds is 7. The number of nitrogens with zero attached hydrogens (tertiary/aromatic N) is 2. The third kappa shape index (κ3) is 4.54. The number of amides is 1. The van der Waals surface area contributed by atoms with Crippen LogP contribution in [-0.4, -0.2) is 48.2 Å². The van der Waals surface area contributed by atoms with Crippen molar-refractivity contribution in [3.8, 4) is 0 Å². The average molecular weight is 355 g/mol. The molecule has 5 heteroatoms. The minimum atomic E-state index is -0.0134. The molecule has 1 amide bonds. The first-order chi connectivity index (χ1) is 12.7. The monoisotopic (exact) mass is 355 g/mol. The molecule has 140 valence electrons. The SMILES string of the molecule is CCCc1ccc(C(=O)NCC(c2cccn2C)N2CCOCC2)cc1. The van der Waals surface area contributed by atoms with E-state index in [2.05, 4.69) is 59.2 Å². The molecule has 0 radical (unpaired) electrons. The Morgan fingerprint density at radius 2 is 1.92 bits per heavy atom. The molecule has 5 nitrogen and oxygen atoms in total. The maximum absolute atomic E-state index is 12.6. The van der Waals surface area contributed by atoms with Gasteiger partial charge in [-0.2, -0.15) is 0 Å². The molecule has 1 aromatic carbocycles. The quantitative estimate of drug-likeness (QED) is 0.831. The van der Waals surface area contributed by atoms with Crippen molar-refractivity contribution in [2.45, 2.75) is 25.8 Å². The Morgan fingerprint density at radius 1 is 1.19 bits per heavy atom. The van der Waals surface area contributed by atoms with E-state index in [1.807, 2.05) is 12.1 Å². The van der Waals surface area contributed by atoms with Crippen LogP contribution in [0.5, 0.6) is 0 Å². The Morgan fingerprint density at radius 3 is 2.54 bits per heavy atom. The van der Waals surface area contributed by atoms with E-state index in [0.29, 0.717) is 6.54 Å². The summed E-state index contributed by atoms with van der Waals surface area (Å²) >= 11 is 0. The van der Waals surface area contributed by atoms with Crippen LogP contribution in [0.3, 0.4) is 0 Å². The van der Waals surface area contributed by atoms with Gasteiger partial charge in [0.2, 0.25) is 0 Å². The Balaban J connectivity index is 1.67. The summed E-state index contributed by atoms with van der Waals surface area (Å²) < 4.78 is 7.62. The molecule has 1 saturated heterocycles. The number of hydrogen-bond donors (Lipinski definition) is 1. The number of aryl methyl sites for hydroxylation is 2. The minimum absolute atomic E-state index is 0.0134. The summed E-state index contributed by atoms with van der Waals surface area (Å²) in [6, 6.07) is 12.3. The first-order valence-electron chi connectivity index (χ1n) is 9.49. The van der Waals surface area contributed by atoms with Crippen LogP contribution < -0.4 is 5.32 Å². The highest BCUT2D eigenvalue weighted by molar-refractivity contribution is 5.94. The van der Waals surface area contributed by atoms with Crippen molar-refractivity contribution in [2.75, 3.05) is 32.8 Å². The molecule has 1 aromatic heterocycles. The van der Waals surface area contributed by atoms with Gasteiger partial charge in [0.25, 0.3) is 5.91 Å². The standard InChI is InChI=1S/C21H29N3O2/c1-3-5-17-7-9-18(10-8-17)21(25)22-16-20(19-6-4-11-23(19)2)24-12-14-26-15-13-24/h4,6-11,20H,3,5,12-16H2,1-2H3,(H,22,25). The van der Waals surface area contributed by atoms with Gasteiger partial charge < -0.3 is 14.6 Å². The van der Waals surface area contributed by atoms with E-state index < -0.39 is 0 Å². The maximum Gasteiger partial charge on any atom is 0.251 e. The van der Waals surface area contributed by atoms with Gasteiger partial charge in [0, 0.05) is 44.1 Å². The number of benzene rings is 1. The molecule has 0 spiro atoms. The van der Waals surface area contributed by atoms with Crippen molar-refractivity contribution < 1.29 is 9.53 Å². The van der Waals surface area contributed by atoms with Gasteiger partial charge in [0.15, 0.2) is 0 Å². The highest BCUT2D eigenvalue weighted by Crippen LogP contribution is 2.21. The Bertz CT molecular complexity index is 702. The second-order valence-corrected chi connectivity index (χ2v) is 6.87. The van der Waals surface area contributed by atoms with Crippen molar-refractivity contribution >= 4 is 5.91 Å². The lowest BCUT2D eigenvalue weighted by Crippen LogP contribution is -2.44. The lowest BCUT2D eigenvalue weighted by atomic mass is 10.1. The van der Waals surface area contributed by atoms with E-state index in [0.717, 1.165) is 44.7 Å². The molecular weight excluding hydrogens is 326 g/mol. The molecule has 1 aliphatic heterocycles. The molecule has 2 aromatic rings. The van der Waals surface area contributed by atoms with Crippen molar-refractivity contribution in [2.24, 2.45) is 7.05 Å². The number of nitrogens with one attached hydrogen (secondary N) is 1. The summed E-state index contributed by atoms with van der Waals surface area (Å²) in [5.41, 5.74) is 3.21. The predicted octanol–water partition coefficient (Wildman–Crippen LogP) is 2.78. The van der Waals surface area contributed by atoms with E-state index in [4.69, 9.17) is 4.74 Å². The smallest absolute Gasteiger partial charge is 0.251 e. The molecule has 26 heavy (non-hydrogen) atoms. The fourth-order valence-electron chi connectivity index (χ4n) is 3.53. The lowest BCUT2D eigenvalue weighted by Gasteiger charge is -2.35. The topological polar surface area (TPSA) is 46.5 Å². The number of morpholine rings is 1. The van der Waals surface area contributed by atoms with Crippen LogP contribution in [-0.2, 0) is 18.2 Å². The number of carbonyl (C=O) groups excluding carboxylic acids is 1. The van der Waals surface area contributed by atoms with E-state index in [1.165, 1.54) is 11.3 Å². The van der Waals surface area contributed by atoms with Crippen LogP contribution >= 0.6 is 0 Å². The molecule has 0 saturated carbocycles. The third-order valence-corrected chi connectivity index (χ3v) is 5.02. The Kier molecular flexibility index (Phi) is 6.47. The van der Waals surface area contributed by atoms with E-state index >= 15 is 0 Å². The summed E-state index contributed by atoms with van der Waals surface area (Å²) in [4.78, 5) is 15.0. The second kappa shape index (κ2) is 9.01. The van der Waals surface area contributed by atoms with Crippen LogP contribution in [0.15, 0.2) is 42.6 Å². The Hall–Kier alpha value is -2.11.